The van der Waals surface area contributed by atoms with Gasteiger partial charge in [0.25, 0.3) is 5.91 Å². The molecule has 2 atom stereocenters. The molecule has 2 heterocycles. The second-order valence-electron chi connectivity index (χ2n) is 11.5. The molecule has 0 saturated carbocycles. The molecule has 0 aromatic heterocycles. The van der Waals surface area contributed by atoms with E-state index in [0.717, 1.165) is 37.0 Å². The van der Waals surface area contributed by atoms with Gasteiger partial charge in [-0.3, -0.25) is 4.79 Å². The van der Waals surface area contributed by atoms with E-state index in [1.165, 1.54) is 12.8 Å². The Balaban J connectivity index is 1.11. The van der Waals surface area contributed by atoms with Gasteiger partial charge in [0.05, 0.1) is 0 Å². The highest BCUT2D eigenvalue weighted by Crippen LogP contribution is 2.36. The van der Waals surface area contributed by atoms with E-state index in [-0.39, 0.29) is 24.1 Å². The molecule has 8 nitrogen and oxygen atoms in total. The van der Waals surface area contributed by atoms with Gasteiger partial charge in [0, 0.05) is 35.1 Å². The van der Waals surface area contributed by atoms with Crippen molar-refractivity contribution in [2.75, 3.05) is 17.7 Å². The number of benzene rings is 3. The molecule has 8 heteroatoms. The Morgan fingerprint density at radius 3 is 2.10 bits per heavy atom. The highest BCUT2D eigenvalue weighted by atomic mass is 16.5. The van der Waals surface area contributed by atoms with Gasteiger partial charge in [0.15, 0.2) is 0 Å². The lowest BCUT2D eigenvalue weighted by Gasteiger charge is -2.36. The second-order valence-corrected chi connectivity index (χ2v) is 11.5. The number of hydrogen-bond donors (Lipinski definition) is 3. The molecule has 2 aliphatic heterocycles. The highest BCUT2D eigenvalue weighted by Gasteiger charge is 2.39. The molecule has 3 amide bonds. The molecular weight excluding hydrogens is 528 g/mol. The molecule has 3 N–H and O–H groups in total. The predicted molar refractivity (Wildman–Crippen MR) is 167 cm³/mol. The zero-order valence-electron chi connectivity index (χ0n) is 25.0. The minimum atomic E-state index is -0.210. The van der Waals surface area contributed by atoms with E-state index < -0.39 is 0 Å². The van der Waals surface area contributed by atoms with Crippen LogP contribution in [0.1, 0.15) is 68.3 Å². The average molecular weight is 571 g/mol. The third-order valence-corrected chi connectivity index (χ3v) is 8.57. The maximum absolute atomic E-state index is 12.8. The summed E-state index contributed by atoms with van der Waals surface area (Å²) in [6.07, 6.45) is 6.67. The lowest BCUT2D eigenvalue weighted by Crippen LogP contribution is -2.43. The number of urea groups is 1. The van der Waals surface area contributed by atoms with E-state index in [1.807, 2.05) is 73.7 Å². The van der Waals surface area contributed by atoms with Gasteiger partial charge in [-0.25, -0.2) is 4.79 Å². The number of anilines is 2. The van der Waals surface area contributed by atoms with Crippen molar-refractivity contribution < 1.29 is 19.1 Å². The lowest BCUT2D eigenvalue weighted by molar-refractivity contribution is 0.0661. The Kier molecular flexibility index (Phi) is 9.32. The van der Waals surface area contributed by atoms with Crippen LogP contribution in [0.2, 0.25) is 0 Å². The van der Waals surface area contributed by atoms with Crippen LogP contribution in [-0.2, 0) is 0 Å². The Bertz CT molecular complexity index is 1360. The third kappa shape index (κ3) is 7.23. The van der Waals surface area contributed by atoms with Crippen LogP contribution in [0.5, 0.6) is 17.2 Å². The van der Waals surface area contributed by atoms with Crippen LogP contribution in [0.15, 0.2) is 66.7 Å². The lowest BCUT2D eigenvalue weighted by atomic mass is 10.0. The maximum atomic E-state index is 12.8. The van der Waals surface area contributed by atoms with E-state index in [4.69, 9.17) is 9.47 Å². The van der Waals surface area contributed by atoms with E-state index in [0.29, 0.717) is 40.5 Å². The molecule has 2 bridgehead atoms. The maximum Gasteiger partial charge on any atom is 0.319 e. The van der Waals surface area contributed by atoms with E-state index >= 15 is 0 Å². The van der Waals surface area contributed by atoms with E-state index in [9.17, 15) is 9.59 Å². The van der Waals surface area contributed by atoms with Crippen LogP contribution >= 0.6 is 0 Å². The Labute approximate surface area is 248 Å². The van der Waals surface area contributed by atoms with Gasteiger partial charge in [-0.2, -0.15) is 0 Å². The molecule has 3 aromatic carbocycles. The first-order chi connectivity index (χ1) is 20.3. The number of fused-ring (bicyclic) bond motifs is 2. The summed E-state index contributed by atoms with van der Waals surface area (Å²) in [5, 5.41) is 8.81. The van der Waals surface area contributed by atoms with Gasteiger partial charge < -0.3 is 30.3 Å². The van der Waals surface area contributed by atoms with Gasteiger partial charge >= 0.3 is 6.03 Å². The molecular formula is C34H42N4O4. The van der Waals surface area contributed by atoms with Crippen molar-refractivity contribution in [3.8, 4) is 17.2 Å². The summed E-state index contributed by atoms with van der Waals surface area (Å²) in [6, 6.07) is 21.4. The number of amides is 3. The molecule has 2 saturated heterocycles. The molecule has 0 radical (unpaired) electrons. The number of hydrogen-bond acceptors (Lipinski definition) is 5. The monoisotopic (exact) mass is 570 g/mol. The molecule has 2 aliphatic rings. The van der Waals surface area contributed by atoms with Crippen molar-refractivity contribution in [1.82, 2.24) is 10.2 Å². The van der Waals surface area contributed by atoms with Gasteiger partial charge in [0.1, 0.15) is 23.4 Å². The van der Waals surface area contributed by atoms with Crippen LogP contribution < -0.4 is 25.4 Å². The van der Waals surface area contributed by atoms with Gasteiger partial charge in [0.2, 0.25) is 0 Å². The predicted octanol–water partition coefficient (Wildman–Crippen LogP) is 7.35. The number of carbonyl (C=O) groups excluding carboxylic acids is 2. The first-order valence-electron chi connectivity index (χ1n) is 15.1. The first kappa shape index (κ1) is 29.5. The summed E-state index contributed by atoms with van der Waals surface area (Å²) in [4.78, 5) is 27.6. The Morgan fingerprint density at radius 2 is 1.48 bits per heavy atom. The number of carbonyl (C=O) groups is 2. The first-order valence-corrected chi connectivity index (χ1v) is 15.1. The second kappa shape index (κ2) is 13.3. The molecule has 222 valence electrons. The number of ether oxygens (including phenoxy) is 2. The summed E-state index contributed by atoms with van der Waals surface area (Å²) in [6.45, 7) is 6.04. The molecule has 5 rings (SSSR count). The van der Waals surface area contributed by atoms with E-state index in [2.05, 4.69) is 41.7 Å². The largest absolute Gasteiger partial charge is 0.490 e. The SMILES string of the molecule is CCC(CC)NC(=O)Nc1ccc(Oc2ccc(NC(=O)c3ccc(OC4CC5CCC(C4)N5C)cc3)cc2)c(C)c1. The summed E-state index contributed by atoms with van der Waals surface area (Å²) in [7, 11) is 2.23. The van der Waals surface area contributed by atoms with Gasteiger partial charge in [-0.1, -0.05) is 13.8 Å². The van der Waals surface area contributed by atoms with Gasteiger partial charge in [-0.15, -0.1) is 0 Å². The van der Waals surface area contributed by atoms with Crippen LogP contribution in [0.4, 0.5) is 16.2 Å². The fourth-order valence-electron chi connectivity index (χ4n) is 5.96. The van der Waals surface area contributed by atoms with Crippen molar-refractivity contribution in [2.45, 2.75) is 83.5 Å². The van der Waals surface area contributed by atoms with Crippen molar-refractivity contribution in [3.63, 3.8) is 0 Å². The van der Waals surface area contributed by atoms with Crippen molar-refractivity contribution >= 4 is 23.3 Å². The quantitative estimate of drug-likeness (QED) is 0.237. The molecule has 42 heavy (non-hydrogen) atoms. The third-order valence-electron chi connectivity index (χ3n) is 8.57. The van der Waals surface area contributed by atoms with Crippen LogP contribution in [-0.4, -0.2) is 48.1 Å². The topological polar surface area (TPSA) is 91.9 Å². The fraction of sp³-hybridized carbons (Fsp3) is 0.412. The van der Waals surface area contributed by atoms with Crippen molar-refractivity contribution in [2.24, 2.45) is 0 Å². The molecule has 0 aliphatic carbocycles. The number of nitrogens with one attached hydrogen (secondary N) is 3. The summed E-state index contributed by atoms with van der Waals surface area (Å²) < 4.78 is 12.3. The molecule has 0 spiro atoms. The summed E-state index contributed by atoms with van der Waals surface area (Å²) in [5.74, 6) is 1.96. The fourth-order valence-corrected chi connectivity index (χ4v) is 5.96. The number of nitrogens with zero attached hydrogens (tertiary/aromatic N) is 1. The smallest absolute Gasteiger partial charge is 0.319 e. The van der Waals surface area contributed by atoms with Crippen molar-refractivity contribution in [1.29, 1.82) is 0 Å². The minimum absolute atomic E-state index is 0.158. The molecule has 2 unspecified atom stereocenters. The van der Waals surface area contributed by atoms with Crippen LogP contribution in [0.3, 0.4) is 0 Å². The highest BCUT2D eigenvalue weighted by molar-refractivity contribution is 6.04. The standard InChI is InChI=1S/C34H42N4O4/c1-5-24(6-2)36-34(40)37-26-11-18-32(22(3)19-26)42-30-16-9-25(10-17-30)35-33(39)23-7-14-29(15-8-23)41-31-20-27-12-13-28(21-31)38(27)4/h7-11,14-19,24,27-28,31H,5-6,12-13,20-21H2,1-4H3,(H,35,39)(H2,36,37,40). The molecule has 2 fully saturated rings. The van der Waals surface area contributed by atoms with Crippen LogP contribution in [0.25, 0.3) is 0 Å². The summed E-state index contributed by atoms with van der Waals surface area (Å²) in [5.41, 5.74) is 2.84. The number of aryl methyl sites for hydroxylation is 1. The van der Waals surface area contributed by atoms with Crippen molar-refractivity contribution in [3.05, 3.63) is 77.9 Å². The zero-order chi connectivity index (χ0) is 29.6. The Hall–Kier alpha value is -4.04. The number of piperidine rings is 1. The average Bonchev–Trinajstić information content (AvgIpc) is 3.18. The zero-order valence-corrected chi connectivity index (χ0v) is 25.0. The minimum Gasteiger partial charge on any atom is -0.490 e. The van der Waals surface area contributed by atoms with E-state index in [1.54, 1.807) is 0 Å². The Morgan fingerprint density at radius 1 is 0.857 bits per heavy atom. The summed E-state index contributed by atoms with van der Waals surface area (Å²) >= 11 is 0. The number of rotatable bonds is 10. The van der Waals surface area contributed by atoms with Crippen LogP contribution in [0, 0.1) is 6.92 Å². The van der Waals surface area contributed by atoms with Gasteiger partial charge in [-0.05, 0) is 125 Å². The molecule has 3 aromatic rings. The normalized spacial score (nSPS) is 19.8.